The molecular formula is C22H26BrNO5. The predicted octanol–water partition coefficient (Wildman–Crippen LogP) is 4.71. The molecule has 1 aliphatic carbocycles. The number of fused-ring (bicyclic) bond motifs is 1. The first-order valence-corrected chi connectivity index (χ1v) is 11.1. The SMILES string of the molecule is CC1=C(C(=O)OC2CCCCCCC2)[C@@H](c2cc3c(cc2Br)OCO3)CC(=O)N1. The molecule has 2 heterocycles. The van der Waals surface area contributed by atoms with Gasteiger partial charge in [-0.3, -0.25) is 4.79 Å². The van der Waals surface area contributed by atoms with Crippen molar-refractivity contribution in [2.45, 2.75) is 70.3 Å². The molecule has 29 heavy (non-hydrogen) atoms. The molecule has 1 N–H and O–H groups in total. The highest BCUT2D eigenvalue weighted by atomic mass is 79.9. The van der Waals surface area contributed by atoms with Crippen LogP contribution in [-0.4, -0.2) is 24.8 Å². The Bertz CT molecular complexity index is 842. The quantitative estimate of drug-likeness (QED) is 0.656. The van der Waals surface area contributed by atoms with Crippen molar-refractivity contribution in [1.82, 2.24) is 5.32 Å². The molecule has 1 fully saturated rings. The number of esters is 1. The van der Waals surface area contributed by atoms with E-state index in [1.54, 1.807) is 6.92 Å². The van der Waals surface area contributed by atoms with E-state index in [1.165, 1.54) is 19.3 Å². The van der Waals surface area contributed by atoms with Gasteiger partial charge in [-0.1, -0.05) is 35.2 Å². The molecule has 4 rings (SSSR count). The van der Waals surface area contributed by atoms with E-state index >= 15 is 0 Å². The Morgan fingerprint density at radius 2 is 1.76 bits per heavy atom. The van der Waals surface area contributed by atoms with Crippen LogP contribution >= 0.6 is 15.9 Å². The number of hydrogen-bond acceptors (Lipinski definition) is 5. The number of halogens is 1. The van der Waals surface area contributed by atoms with Crippen molar-refractivity contribution in [2.24, 2.45) is 0 Å². The van der Waals surface area contributed by atoms with Gasteiger partial charge in [0.2, 0.25) is 12.7 Å². The molecule has 0 unspecified atom stereocenters. The van der Waals surface area contributed by atoms with Crippen molar-refractivity contribution < 1.29 is 23.8 Å². The zero-order valence-electron chi connectivity index (χ0n) is 16.6. The Balaban J connectivity index is 1.61. The van der Waals surface area contributed by atoms with E-state index in [1.807, 2.05) is 12.1 Å². The van der Waals surface area contributed by atoms with Crippen LogP contribution in [0, 0.1) is 0 Å². The molecule has 0 saturated heterocycles. The van der Waals surface area contributed by atoms with Crippen LogP contribution in [0.5, 0.6) is 11.5 Å². The van der Waals surface area contributed by atoms with E-state index in [-0.39, 0.29) is 31.2 Å². The summed E-state index contributed by atoms with van der Waals surface area (Å²) in [6, 6.07) is 3.68. The fourth-order valence-electron chi connectivity index (χ4n) is 4.39. The third-order valence-corrected chi connectivity index (χ3v) is 6.57. The number of nitrogens with one attached hydrogen (secondary N) is 1. The summed E-state index contributed by atoms with van der Waals surface area (Å²) in [5.74, 6) is 0.440. The lowest BCUT2D eigenvalue weighted by atomic mass is 9.84. The predicted molar refractivity (Wildman–Crippen MR) is 111 cm³/mol. The second-order valence-corrected chi connectivity index (χ2v) is 8.80. The van der Waals surface area contributed by atoms with E-state index < -0.39 is 5.92 Å². The Labute approximate surface area is 179 Å². The Kier molecular flexibility index (Phi) is 6.13. The Morgan fingerprint density at radius 3 is 2.48 bits per heavy atom. The van der Waals surface area contributed by atoms with Crippen LogP contribution in [0.15, 0.2) is 27.9 Å². The van der Waals surface area contributed by atoms with E-state index in [0.717, 1.165) is 35.7 Å². The van der Waals surface area contributed by atoms with Gasteiger partial charge in [-0.25, -0.2) is 4.79 Å². The molecule has 156 valence electrons. The van der Waals surface area contributed by atoms with Crippen LogP contribution < -0.4 is 14.8 Å². The normalized spacial score (nSPS) is 22.7. The summed E-state index contributed by atoms with van der Waals surface area (Å²) in [4.78, 5) is 25.5. The molecule has 3 aliphatic rings. The van der Waals surface area contributed by atoms with E-state index in [0.29, 0.717) is 22.8 Å². The van der Waals surface area contributed by atoms with Gasteiger partial charge < -0.3 is 19.5 Å². The first-order chi connectivity index (χ1) is 14.0. The summed E-state index contributed by atoms with van der Waals surface area (Å²) in [5.41, 5.74) is 1.91. The van der Waals surface area contributed by atoms with Gasteiger partial charge in [-0.2, -0.15) is 0 Å². The summed E-state index contributed by atoms with van der Waals surface area (Å²) >= 11 is 3.58. The molecule has 0 spiro atoms. The lowest BCUT2D eigenvalue weighted by Gasteiger charge is -2.29. The van der Waals surface area contributed by atoms with Crippen LogP contribution in [0.2, 0.25) is 0 Å². The van der Waals surface area contributed by atoms with Crippen molar-refractivity contribution >= 4 is 27.8 Å². The number of benzene rings is 1. The summed E-state index contributed by atoms with van der Waals surface area (Å²) < 4.78 is 17.7. The number of carbonyl (C=O) groups excluding carboxylic acids is 2. The van der Waals surface area contributed by atoms with Crippen LogP contribution in [0.25, 0.3) is 0 Å². The second-order valence-electron chi connectivity index (χ2n) is 7.94. The van der Waals surface area contributed by atoms with Gasteiger partial charge in [0.05, 0.1) is 5.57 Å². The molecule has 7 heteroatoms. The highest BCUT2D eigenvalue weighted by Gasteiger charge is 2.35. The average Bonchev–Trinajstić information content (AvgIpc) is 3.09. The maximum Gasteiger partial charge on any atom is 0.336 e. The highest BCUT2D eigenvalue weighted by molar-refractivity contribution is 9.10. The van der Waals surface area contributed by atoms with Crippen molar-refractivity contribution in [3.8, 4) is 11.5 Å². The summed E-state index contributed by atoms with van der Waals surface area (Å²) in [7, 11) is 0. The number of allylic oxidation sites excluding steroid dienone is 1. The second kappa shape index (κ2) is 8.78. The summed E-state index contributed by atoms with van der Waals surface area (Å²) in [6.45, 7) is 1.93. The molecular weight excluding hydrogens is 438 g/mol. The average molecular weight is 464 g/mol. The monoisotopic (exact) mass is 463 g/mol. The molecule has 1 amide bonds. The van der Waals surface area contributed by atoms with E-state index in [2.05, 4.69) is 21.2 Å². The van der Waals surface area contributed by atoms with Crippen molar-refractivity contribution in [2.75, 3.05) is 6.79 Å². The summed E-state index contributed by atoms with van der Waals surface area (Å²) in [5, 5.41) is 2.81. The van der Waals surface area contributed by atoms with Gasteiger partial charge in [0.15, 0.2) is 11.5 Å². The van der Waals surface area contributed by atoms with Gasteiger partial charge in [0, 0.05) is 22.5 Å². The van der Waals surface area contributed by atoms with Crippen molar-refractivity contribution in [3.63, 3.8) is 0 Å². The smallest absolute Gasteiger partial charge is 0.336 e. The Morgan fingerprint density at radius 1 is 1.10 bits per heavy atom. The number of rotatable bonds is 3. The van der Waals surface area contributed by atoms with Crippen LogP contribution in [0.1, 0.15) is 69.8 Å². The lowest BCUT2D eigenvalue weighted by molar-refractivity contribution is -0.145. The maximum atomic E-state index is 13.2. The first kappa shape index (κ1) is 20.3. The third kappa shape index (κ3) is 4.44. The zero-order valence-corrected chi connectivity index (χ0v) is 18.2. The molecule has 1 aromatic rings. The molecule has 0 radical (unpaired) electrons. The third-order valence-electron chi connectivity index (χ3n) is 5.88. The molecule has 6 nitrogen and oxygen atoms in total. The van der Waals surface area contributed by atoms with Gasteiger partial charge in [0.25, 0.3) is 0 Å². The van der Waals surface area contributed by atoms with E-state index in [4.69, 9.17) is 14.2 Å². The number of ether oxygens (including phenoxy) is 3. The molecule has 1 aromatic carbocycles. The van der Waals surface area contributed by atoms with Crippen LogP contribution in [-0.2, 0) is 14.3 Å². The Hall–Kier alpha value is -2.02. The molecule has 2 aliphatic heterocycles. The van der Waals surface area contributed by atoms with Gasteiger partial charge in [-0.05, 0) is 50.3 Å². The van der Waals surface area contributed by atoms with Crippen LogP contribution in [0.4, 0.5) is 0 Å². The maximum absolute atomic E-state index is 13.2. The highest BCUT2D eigenvalue weighted by Crippen LogP contribution is 2.44. The fraction of sp³-hybridized carbons (Fsp3) is 0.545. The molecule has 1 atom stereocenters. The largest absolute Gasteiger partial charge is 0.459 e. The van der Waals surface area contributed by atoms with E-state index in [9.17, 15) is 9.59 Å². The molecule has 0 aromatic heterocycles. The fourth-order valence-corrected chi connectivity index (χ4v) is 4.99. The van der Waals surface area contributed by atoms with Gasteiger partial charge >= 0.3 is 5.97 Å². The number of carbonyl (C=O) groups is 2. The zero-order chi connectivity index (χ0) is 20.4. The van der Waals surface area contributed by atoms with Gasteiger partial charge in [0.1, 0.15) is 6.10 Å². The standard InChI is InChI=1S/C22H26BrNO5/c1-13-21(22(26)29-14-7-5-3-2-4-6-8-14)16(10-20(25)24-13)15-9-18-19(11-17(15)23)28-12-27-18/h9,11,14,16H,2-8,10,12H2,1H3,(H,24,25)/t16-/m1/s1. The molecule has 0 bridgehead atoms. The first-order valence-electron chi connectivity index (χ1n) is 10.3. The topological polar surface area (TPSA) is 73.9 Å². The minimum Gasteiger partial charge on any atom is -0.459 e. The molecule has 1 saturated carbocycles. The van der Waals surface area contributed by atoms with Crippen molar-refractivity contribution in [3.05, 3.63) is 33.4 Å². The minimum atomic E-state index is -0.395. The lowest BCUT2D eigenvalue weighted by Crippen LogP contribution is -2.35. The minimum absolute atomic E-state index is 0.0541. The van der Waals surface area contributed by atoms with Crippen LogP contribution in [0.3, 0.4) is 0 Å². The summed E-state index contributed by atoms with van der Waals surface area (Å²) in [6.07, 6.45) is 7.76. The van der Waals surface area contributed by atoms with Gasteiger partial charge in [-0.15, -0.1) is 0 Å². The number of amides is 1. The van der Waals surface area contributed by atoms with Crippen molar-refractivity contribution in [1.29, 1.82) is 0 Å². The number of hydrogen-bond donors (Lipinski definition) is 1.